The van der Waals surface area contributed by atoms with Crippen LogP contribution in [0.15, 0.2) is 59.8 Å². The van der Waals surface area contributed by atoms with E-state index < -0.39 is 11.8 Å². The monoisotopic (exact) mass is 465 g/mol. The van der Waals surface area contributed by atoms with Crippen LogP contribution >= 0.6 is 23.4 Å². The van der Waals surface area contributed by atoms with Gasteiger partial charge >= 0.3 is 0 Å². The van der Waals surface area contributed by atoms with E-state index >= 15 is 0 Å². The molecule has 0 spiro atoms. The molecule has 2 aromatic carbocycles. The van der Waals surface area contributed by atoms with E-state index in [1.165, 1.54) is 11.8 Å². The summed E-state index contributed by atoms with van der Waals surface area (Å²) in [6.45, 7) is 3.89. The molecule has 4 rings (SSSR count). The summed E-state index contributed by atoms with van der Waals surface area (Å²) in [5.74, 6) is -0.173. The molecule has 162 valence electrons. The summed E-state index contributed by atoms with van der Waals surface area (Å²) in [7, 11) is 0. The molecule has 0 fully saturated rings. The van der Waals surface area contributed by atoms with Crippen LogP contribution < -0.4 is 10.9 Å². The highest BCUT2D eigenvalue weighted by Crippen LogP contribution is 2.21. The fourth-order valence-corrected chi connectivity index (χ4v) is 4.21. The molecule has 32 heavy (non-hydrogen) atoms. The molecule has 0 radical (unpaired) electrons. The van der Waals surface area contributed by atoms with Crippen LogP contribution in [0.2, 0.25) is 5.02 Å². The van der Waals surface area contributed by atoms with Gasteiger partial charge in [-0.3, -0.25) is 20.4 Å². The molecular formula is C23H20ClN5O2S. The number of nitrogens with zero attached hydrogens (tertiary/aromatic N) is 2. The number of hydrogen-bond acceptors (Lipinski definition) is 5. The minimum atomic E-state index is -0.452. The summed E-state index contributed by atoms with van der Waals surface area (Å²) in [5.41, 5.74) is 9.26. The highest BCUT2D eigenvalue weighted by Gasteiger charge is 2.12. The quantitative estimate of drug-likeness (QED) is 0.227. The first-order chi connectivity index (χ1) is 15.4. The lowest BCUT2D eigenvalue weighted by Gasteiger charge is -2.07. The average Bonchev–Trinajstić information content (AvgIpc) is 3.19. The lowest BCUT2D eigenvalue weighted by Crippen LogP contribution is -2.41. The Morgan fingerprint density at radius 3 is 2.34 bits per heavy atom. The number of H-pyrrole nitrogens is 1. The first-order valence-electron chi connectivity index (χ1n) is 9.80. The van der Waals surface area contributed by atoms with E-state index in [2.05, 4.69) is 25.8 Å². The van der Waals surface area contributed by atoms with Crippen molar-refractivity contribution in [2.75, 3.05) is 0 Å². The van der Waals surface area contributed by atoms with Gasteiger partial charge in [0, 0.05) is 38.6 Å². The molecular weight excluding hydrogens is 446 g/mol. The normalized spacial score (nSPS) is 10.8. The van der Waals surface area contributed by atoms with E-state index in [4.69, 9.17) is 11.6 Å². The van der Waals surface area contributed by atoms with Crippen LogP contribution in [-0.2, 0) is 5.75 Å². The predicted molar refractivity (Wildman–Crippen MR) is 126 cm³/mol. The van der Waals surface area contributed by atoms with E-state index in [0.29, 0.717) is 22.0 Å². The van der Waals surface area contributed by atoms with E-state index in [1.807, 2.05) is 38.1 Å². The van der Waals surface area contributed by atoms with Crippen LogP contribution in [0.5, 0.6) is 0 Å². The van der Waals surface area contributed by atoms with Gasteiger partial charge < -0.3 is 4.98 Å². The Hall–Kier alpha value is -3.36. The Labute approximate surface area is 194 Å². The van der Waals surface area contributed by atoms with Crippen molar-refractivity contribution >= 4 is 46.1 Å². The van der Waals surface area contributed by atoms with Crippen molar-refractivity contribution in [3.63, 3.8) is 0 Å². The number of halogens is 1. The summed E-state index contributed by atoms with van der Waals surface area (Å²) in [5, 5.41) is 2.15. The van der Waals surface area contributed by atoms with Gasteiger partial charge in [0.15, 0.2) is 5.16 Å². The Morgan fingerprint density at radius 1 is 0.938 bits per heavy atom. The number of hydrazine groups is 1. The maximum absolute atomic E-state index is 12.4. The fraction of sp³-hybridized carbons (Fsp3) is 0.130. The summed E-state index contributed by atoms with van der Waals surface area (Å²) in [6.07, 6.45) is 0. The van der Waals surface area contributed by atoms with Gasteiger partial charge in [0.25, 0.3) is 11.8 Å². The number of benzene rings is 2. The van der Waals surface area contributed by atoms with Crippen molar-refractivity contribution in [1.29, 1.82) is 0 Å². The number of nitrogens with one attached hydrogen (secondary N) is 3. The fourth-order valence-electron chi connectivity index (χ4n) is 3.13. The van der Waals surface area contributed by atoms with Gasteiger partial charge in [-0.05, 0) is 55.8 Å². The number of aryl methyl sites for hydroxylation is 2. The summed E-state index contributed by atoms with van der Waals surface area (Å²) >= 11 is 7.51. The Morgan fingerprint density at radius 2 is 1.62 bits per heavy atom. The van der Waals surface area contributed by atoms with Gasteiger partial charge in [-0.25, -0.2) is 9.97 Å². The minimum absolute atomic E-state index is 0.323. The maximum Gasteiger partial charge on any atom is 0.286 e. The molecule has 2 amide bonds. The lowest BCUT2D eigenvalue weighted by molar-refractivity contribution is 0.0844. The van der Waals surface area contributed by atoms with Gasteiger partial charge in [-0.2, -0.15) is 0 Å². The molecule has 0 unspecified atom stereocenters. The number of aromatic nitrogens is 3. The summed E-state index contributed by atoms with van der Waals surface area (Å²) in [6, 6.07) is 16.1. The maximum atomic E-state index is 12.4. The molecule has 0 aliphatic carbocycles. The molecule has 0 atom stereocenters. The number of amides is 2. The number of carbonyl (C=O) groups is 2. The molecule has 2 aromatic heterocycles. The van der Waals surface area contributed by atoms with Crippen LogP contribution in [0.1, 0.15) is 37.8 Å². The van der Waals surface area contributed by atoms with E-state index in [0.717, 1.165) is 33.0 Å². The van der Waals surface area contributed by atoms with Crippen molar-refractivity contribution < 1.29 is 9.59 Å². The van der Waals surface area contributed by atoms with Crippen molar-refractivity contribution in [1.82, 2.24) is 25.8 Å². The van der Waals surface area contributed by atoms with E-state index in [-0.39, 0.29) is 0 Å². The number of aromatic amines is 1. The number of fused-ring (bicyclic) bond motifs is 1. The Kier molecular flexibility index (Phi) is 6.43. The van der Waals surface area contributed by atoms with Gasteiger partial charge in [0.1, 0.15) is 5.69 Å². The SMILES string of the molecule is Cc1cc(C)nc(SCc2ccc(C(=O)NNC(=O)c3cc4ccc(Cl)cc4[nH]3)cc2)n1. The highest BCUT2D eigenvalue weighted by molar-refractivity contribution is 7.98. The van der Waals surface area contributed by atoms with Crippen LogP contribution in [0.25, 0.3) is 10.9 Å². The third-order valence-electron chi connectivity index (χ3n) is 4.66. The zero-order valence-corrected chi connectivity index (χ0v) is 19.0. The standard InChI is InChI=1S/C23H20ClN5O2S/c1-13-9-14(2)26-23(25-13)32-12-15-3-5-16(6-4-15)21(30)28-29-22(31)20-10-17-7-8-18(24)11-19(17)27-20/h3-11,27H,12H2,1-2H3,(H,28,30)(H,29,31). The minimum Gasteiger partial charge on any atom is -0.350 e. The predicted octanol–water partition coefficient (Wildman–Crippen LogP) is 4.60. The van der Waals surface area contributed by atoms with E-state index in [9.17, 15) is 9.59 Å². The molecule has 0 aliphatic rings. The number of rotatable bonds is 5. The van der Waals surface area contributed by atoms with Gasteiger partial charge in [-0.1, -0.05) is 41.6 Å². The number of hydrogen-bond donors (Lipinski definition) is 3. The molecule has 0 saturated heterocycles. The van der Waals surface area contributed by atoms with Crippen LogP contribution in [-0.4, -0.2) is 26.8 Å². The largest absolute Gasteiger partial charge is 0.350 e. The topological polar surface area (TPSA) is 99.8 Å². The Bertz CT molecular complexity index is 1280. The highest BCUT2D eigenvalue weighted by atomic mass is 35.5. The first kappa shape index (κ1) is 21.9. The number of thioether (sulfide) groups is 1. The molecule has 9 heteroatoms. The summed E-state index contributed by atoms with van der Waals surface area (Å²) < 4.78 is 0. The van der Waals surface area contributed by atoms with Crippen LogP contribution in [0, 0.1) is 13.8 Å². The molecule has 0 bridgehead atoms. The third kappa shape index (κ3) is 5.27. The molecule has 3 N–H and O–H groups in total. The third-order valence-corrected chi connectivity index (χ3v) is 5.82. The number of carbonyl (C=O) groups excluding carboxylic acids is 2. The van der Waals surface area contributed by atoms with Crippen molar-refractivity contribution in [2.45, 2.75) is 24.8 Å². The van der Waals surface area contributed by atoms with Crippen molar-refractivity contribution in [3.8, 4) is 0 Å². The molecule has 4 aromatic rings. The molecule has 0 aliphatic heterocycles. The molecule has 2 heterocycles. The average molecular weight is 466 g/mol. The van der Waals surface area contributed by atoms with Gasteiger partial charge in [0.2, 0.25) is 0 Å². The lowest BCUT2D eigenvalue weighted by atomic mass is 10.1. The van der Waals surface area contributed by atoms with Crippen LogP contribution in [0.4, 0.5) is 0 Å². The van der Waals surface area contributed by atoms with E-state index in [1.54, 1.807) is 30.3 Å². The summed E-state index contributed by atoms with van der Waals surface area (Å²) in [4.78, 5) is 36.6. The zero-order chi connectivity index (χ0) is 22.7. The Balaban J connectivity index is 1.32. The van der Waals surface area contributed by atoms with Crippen molar-refractivity contribution in [3.05, 3.63) is 87.8 Å². The molecule has 0 saturated carbocycles. The second-order valence-electron chi connectivity index (χ2n) is 7.24. The first-order valence-corrected chi connectivity index (χ1v) is 11.2. The van der Waals surface area contributed by atoms with Crippen molar-refractivity contribution in [2.24, 2.45) is 0 Å². The second kappa shape index (κ2) is 9.42. The zero-order valence-electron chi connectivity index (χ0n) is 17.4. The van der Waals surface area contributed by atoms with Gasteiger partial charge in [-0.15, -0.1) is 0 Å². The van der Waals surface area contributed by atoms with Crippen LogP contribution in [0.3, 0.4) is 0 Å². The second-order valence-corrected chi connectivity index (χ2v) is 8.62. The molecule has 7 nitrogen and oxygen atoms in total. The van der Waals surface area contributed by atoms with Gasteiger partial charge in [0.05, 0.1) is 0 Å². The smallest absolute Gasteiger partial charge is 0.286 e.